The maximum atomic E-state index is 12.1. The Morgan fingerprint density at radius 1 is 1.11 bits per heavy atom. The van der Waals surface area contributed by atoms with Gasteiger partial charge in [0, 0.05) is 18.2 Å². The Morgan fingerprint density at radius 2 is 1.85 bits per heavy atom. The first-order valence-electron chi connectivity index (χ1n) is 9.41. The van der Waals surface area contributed by atoms with Crippen LogP contribution in [0.1, 0.15) is 45.6 Å². The molecule has 1 aliphatic heterocycles. The highest BCUT2D eigenvalue weighted by Crippen LogP contribution is 2.34. The maximum absolute atomic E-state index is 12.1. The molecule has 0 spiro atoms. The van der Waals surface area contributed by atoms with Crippen LogP contribution in [0.2, 0.25) is 0 Å². The van der Waals surface area contributed by atoms with Crippen LogP contribution >= 0.6 is 0 Å². The van der Waals surface area contributed by atoms with E-state index in [1.54, 1.807) is 18.2 Å². The number of amides is 1. The molecule has 0 saturated carbocycles. The fraction of sp³-hybridized carbons (Fsp3) is 0.409. The molecule has 0 radical (unpaired) electrons. The van der Waals surface area contributed by atoms with E-state index >= 15 is 0 Å². The number of hydrogen-bond acceptors (Lipinski definition) is 4. The number of rotatable bonds is 8. The van der Waals surface area contributed by atoms with Gasteiger partial charge in [0.1, 0.15) is 5.75 Å². The van der Waals surface area contributed by atoms with Crippen molar-refractivity contribution >= 4 is 11.6 Å². The normalized spacial score (nSPS) is 12.7. The third-order valence-electron chi connectivity index (χ3n) is 4.99. The zero-order valence-electron chi connectivity index (χ0n) is 16.2. The number of benzene rings is 2. The molecule has 0 aromatic heterocycles. The molecule has 5 heteroatoms. The van der Waals surface area contributed by atoms with E-state index in [1.807, 2.05) is 12.1 Å². The summed E-state index contributed by atoms with van der Waals surface area (Å²) in [4.78, 5) is 12.1. The topological polar surface area (TPSA) is 56.8 Å². The summed E-state index contributed by atoms with van der Waals surface area (Å²) in [5.41, 5.74) is 2.19. The van der Waals surface area contributed by atoms with Crippen LogP contribution in [0.4, 0.5) is 5.69 Å². The summed E-state index contributed by atoms with van der Waals surface area (Å²) in [7, 11) is 0. The van der Waals surface area contributed by atoms with E-state index < -0.39 is 0 Å². The third kappa shape index (κ3) is 4.94. The van der Waals surface area contributed by atoms with Gasteiger partial charge in [0.2, 0.25) is 12.7 Å². The van der Waals surface area contributed by atoms with Gasteiger partial charge in [0.05, 0.1) is 6.61 Å². The van der Waals surface area contributed by atoms with Crippen molar-refractivity contribution in [2.75, 3.05) is 18.7 Å². The number of anilines is 1. The molecule has 1 aliphatic rings. The van der Waals surface area contributed by atoms with Crippen molar-refractivity contribution in [2.24, 2.45) is 0 Å². The van der Waals surface area contributed by atoms with E-state index in [0.717, 1.165) is 12.2 Å². The molecule has 144 valence electrons. The molecule has 0 atom stereocenters. The van der Waals surface area contributed by atoms with Crippen LogP contribution in [0.5, 0.6) is 17.2 Å². The second kappa shape index (κ2) is 8.33. The minimum Gasteiger partial charge on any atom is -0.494 e. The standard InChI is InChI=1S/C22H27NO4/c1-4-22(2,3)16-7-10-18(11-8-16)25-13-5-6-21(24)23-17-9-12-19-20(14-17)27-15-26-19/h7-12,14H,4-6,13,15H2,1-3H3,(H,23,24). The zero-order valence-corrected chi connectivity index (χ0v) is 16.2. The highest BCUT2D eigenvalue weighted by atomic mass is 16.7. The number of carbonyl (C=O) groups is 1. The smallest absolute Gasteiger partial charge is 0.231 e. The van der Waals surface area contributed by atoms with Crippen LogP contribution in [-0.4, -0.2) is 19.3 Å². The summed E-state index contributed by atoms with van der Waals surface area (Å²) in [6.45, 7) is 7.40. The van der Waals surface area contributed by atoms with Crippen molar-refractivity contribution in [1.29, 1.82) is 0 Å². The predicted octanol–water partition coefficient (Wildman–Crippen LogP) is 4.90. The molecule has 1 heterocycles. The molecule has 2 aromatic rings. The predicted molar refractivity (Wildman–Crippen MR) is 106 cm³/mol. The lowest BCUT2D eigenvalue weighted by Gasteiger charge is -2.23. The van der Waals surface area contributed by atoms with E-state index in [2.05, 4.69) is 38.2 Å². The second-order valence-corrected chi connectivity index (χ2v) is 7.33. The SMILES string of the molecule is CCC(C)(C)c1ccc(OCCCC(=O)Nc2ccc3c(c2)OCO3)cc1. The number of carbonyl (C=O) groups excluding carboxylic acids is 1. The fourth-order valence-corrected chi connectivity index (χ4v) is 2.83. The zero-order chi connectivity index (χ0) is 19.3. The number of fused-ring (bicyclic) bond motifs is 1. The van der Waals surface area contributed by atoms with Crippen molar-refractivity contribution in [3.63, 3.8) is 0 Å². The molecule has 27 heavy (non-hydrogen) atoms. The highest BCUT2D eigenvalue weighted by molar-refractivity contribution is 5.91. The van der Waals surface area contributed by atoms with Gasteiger partial charge in [-0.25, -0.2) is 0 Å². The molecular weight excluding hydrogens is 342 g/mol. The van der Waals surface area contributed by atoms with E-state index in [9.17, 15) is 4.79 Å². The first kappa shape index (κ1) is 19.1. The Hall–Kier alpha value is -2.69. The average molecular weight is 369 g/mol. The molecule has 0 bridgehead atoms. The molecule has 0 aliphatic carbocycles. The Bertz CT molecular complexity index is 783. The Labute approximate surface area is 160 Å². The van der Waals surface area contributed by atoms with Gasteiger partial charge in [-0.3, -0.25) is 4.79 Å². The van der Waals surface area contributed by atoms with Crippen LogP contribution in [0.25, 0.3) is 0 Å². The molecule has 5 nitrogen and oxygen atoms in total. The van der Waals surface area contributed by atoms with E-state index in [-0.39, 0.29) is 18.1 Å². The van der Waals surface area contributed by atoms with Gasteiger partial charge in [-0.2, -0.15) is 0 Å². The summed E-state index contributed by atoms with van der Waals surface area (Å²) in [6.07, 6.45) is 2.14. The molecule has 0 fully saturated rings. The van der Waals surface area contributed by atoms with E-state index in [0.29, 0.717) is 36.6 Å². The van der Waals surface area contributed by atoms with E-state index in [4.69, 9.17) is 14.2 Å². The van der Waals surface area contributed by atoms with Crippen molar-refractivity contribution in [3.05, 3.63) is 48.0 Å². The molecular formula is C22H27NO4. The van der Waals surface area contributed by atoms with Gasteiger partial charge in [-0.15, -0.1) is 0 Å². The summed E-state index contributed by atoms with van der Waals surface area (Å²) in [5.74, 6) is 2.15. The van der Waals surface area contributed by atoms with Crippen LogP contribution in [0.3, 0.4) is 0 Å². The van der Waals surface area contributed by atoms with Gasteiger partial charge in [-0.05, 0) is 48.1 Å². The maximum Gasteiger partial charge on any atom is 0.231 e. The lowest BCUT2D eigenvalue weighted by Crippen LogP contribution is -2.15. The van der Waals surface area contributed by atoms with Crippen LogP contribution in [0, 0.1) is 0 Å². The Kier molecular flexibility index (Phi) is 5.89. The van der Waals surface area contributed by atoms with Crippen molar-refractivity contribution < 1.29 is 19.0 Å². The fourth-order valence-electron chi connectivity index (χ4n) is 2.83. The molecule has 1 amide bonds. The number of hydrogen-bond donors (Lipinski definition) is 1. The van der Waals surface area contributed by atoms with Crippen LogP contribution in [-0.2, 0) is 10.2 Å². The van der Waals surface area contributed by atoms with Crippen LogP contribution in [0.15, 0.2) is 42.5 Å². The minimum atomic E-state index is -0.0440. The van der Waals surface area contributed by atoms with Crippen LogP contribution < -0.4 is 19.5 Å². The van der Waals surface area contributed by atoms with Gasteiger partial charge in [-0.1, -0.05) is 32.9 Å². The van der Waals surface area contributed by atoms with Gasteiger partial charge in [0.25, 0.3) is 0 Å². The second-order valence-electron chi connectivity index (χ2n) is 7.33. The molecule has 1 N–H and O–H groups in total. The van der Waals surface area contributed by atoms with Crippen molar-refractivity contribution in [1.82, 2.24) is 0 Å². The third-order valence-corrected chi connectivity index (χ3v) is 4.99. The molecule has 3 rings (SSSR count). The first-order valence-corrected chi connectivity index (χ1v) is 9.41. The Balaban J connectivity index is 1.40. The largest absolute Gasteiger partial charge is 0.494 e. The van der Waals surface area contributed by atoms with Gasteiger partial charge < -0.3 is 19.5 Å². The molecule has 2 aromatic carbocycles. The molecule has 0 unspecified atom stereocenters. The highest BCUT2D eigenvalue weighted by Gasteiger charge is 2.17. The lowest BCUT2D eigenvalue weighted by molar-refractivity contribution is -0.116. The lowest BCUT2D eigenvalue weighted by atomic mass is 9.82. The van der Waals surface area contributed by atoms with Gasteiger partial charge >= 0.3 is 0 Å². The summed E-state index contributed by atoms with van der Waals surface area (Å²) in [6, 6.07) is 13.6. The molecule has 0 saturated heterocycles. The summed E-state index contributed by atoms with van der Waals surface area (Å²) < 4.78 is 16.3. The summed E-state index contributed by atoms with van der Waals surface area (Å²) >= 11 is 0. The number of nitrogens with one attached hydrogen (secondary N) is 1. The number of ether oxygens (including phenoxy) is 3. The summed E-state index contributed by atoms with van der Waals surface area (Å²) in [5, 5.41) is 2.87. The monoisotopic (exact) mass is 369 g/mol. The first-order chi connectivity index (χ1) is 13.0. The van der Waals surface area contributed by atoms with Crippen molar-refractivity contribution in [3.8, 4) is 17.2 Å². The minimum absolute atomic E-state index is 0.0440. The van der Waals surface area contributed by atoms with E-state index in [1.165, 1.54) is 5.56 Å². The average Bonchev–Trinajstić information content (AvgIpc) is 3.13. The quantitative estimate of drug-likeness (QED) is 0.673. The van der Waals surface area contributed by atoms with Gasteiger partial charge in [0.15, 0.2) is 11.5 Å². The Morgan fingerprint density at radius 3 is 2.59 bits per heavy atom. The van der Waals surface area contributed by atoms with Crippen molar-refractivity contribution in [2.45, 2.75) is 45.4 Å².